The summed E-state index contributed by atoms with van der Waals surface area (Å²) in [5.74, 6) is -0.555. The highest BCUT2D eigenvalue weighted by Crippen LogP contribution is 2.27. The molecule has 1 amide bonds. The van der Waals surface area contributed by atoms with E-state index >= 15 is 0 Å². The van der Waals surface area contributed by atoms with Crippen molar-refractivity contribution in [1.82, 2.24) is 10.2 Å². The van der Waals surface area contributed by atoms with E-state index in [4.69, 9.17) is 23.2 Å². The number of benzene rings is 1. The van der Waals surface area contributed by atoms with Crippen LogP contribution in [0.15, 0.2) is 22.5 Å². The standard InChI is InChI=1S/C12H12Cl2N4O3S3/c1-22-12-17-16-11(23-12)15-10(19)6-18(24(2,20)21)9-4-7(13)3-8(14)5-9/h3-5H,6H2,1-2H3,(H,15,16,19). The molecule has 0 fully saturated rings. The first-order valence-electron chi connectivity index (χ1n) is 6.30. The third-order valence-electron chi connectivity index (χ3n) is 2.65. The Labute approximate surface area is 157 Å². The van der Waals surface area contributed by atoms with Gasteiger partial charge in [0.1, 0.15) is 6.54 Å². The van der Waals surface area contributed by atoms with E-state index in [1.807, 2.05) is 6.26 Å². The molecule has 130 valence electrons. The van der Waals surface area contributed by atoms with Crippen LogP contribution in [0, 0.1) is 0 Å². The van der Waals surface area contributed by atoms with Gasteiger partial charge in [-0.05, 0) is 24.5 Å². The normalized spacial score (nSPS) is 11.3. The molecule has 1 aromatic carbocycles. The predicted molar refractivity (Wildman–Crippen MR) is 99.0 cm³/mol. The predicted octanol–water partition coefficient (Wildman–Crippen LogP) is 2.97. The lowest BCUT2D eigenvalue weighted by molar-refractivity contribution is -0.114. The first-order valence-corrected chi connectivity index (χ1v) is 10.9. The van der Waals surface area contributed by atoms with Crippen molar-refractivity contribution in [1.29, 1.82) is 0 Å². The van der Waals surface area contributed by atoms with Gasteiger partial charge in [0, 0.05) is 10.0 Å². The first-order chi connectivity index (χ1) is 11.2. The van der Waals surface area contributed by atoms with Crippen LogP contribution in [0.1, 0.15) is 0 Å². The fourth-order valence-corrected chi connectivity index (χ4v) is 4.26. The average Bonchev–Trinajstić information content (AvgIpc) is 2.90. The summed E-state index contributed by atoms with van der Waals surface area (Å²) >= 11 is 14.4. The number of hydrogen-bond acceptors (Lipinski definition) is 7. The molecule has 1 aromatic heterocycles. The molecule has 2 rings (SSSR count). The lowest BCUT2D eigenvalue weighted by Crippen LogP contribution is -2.37. The maximum atomic E-state index is 12.2. The molecule has 0 atom stereocenters. The average molecular weight is 427 g/mol. The first kappa shape index (κ1) is 19.3. The number of halogens is 2. The number of anilines is 2. The molecule has 1 heterocycles. The van der Waals surface area contributed by atoms with Gasteiger partial charge in [0.2, 0.25) is 21.1 Å². The van der Waals surface area contributed by atoms with Crippen molar-refractivity contribution in [3.8, 4) is 0 Å². The van der Waals surface area contributed by atoms with Gasteiger partial charge in [-0.3, -0.25) is 14.4 Å². The molecule has 7 nitrogen and oxygen atoms in total. The summed E-state index contributed by atoms with van der Waals surface area (Å²) in [5, 5.41) is 11.0. The highest BCUT2D eigenvalue weighted by molar-refractivity contribution is 8.00. The molecule has 0 unspecified atom stereocenters. The topological polar surface area (TPSA) is 92.3 Å². The van der Waals surface area contributed by atoms with Crippen LogP contribution in [0.2, 0.25) is 10.0 Å². The Morgan fingerprint density at radius 3 is 2.42 bits per heavy atom. The van der Waals surface area contributed by atoms with Gasteiger partial charge >= 0.3 is 0 Å². The second kappa shape index (κ2) is 7.87. The molecule has 0 aliphatic rings. The van der Waals surface area contributed by atoms with Crippen molar-refractivity contribution < 1.29 is 13.2 Å². The van der Waals surface area contributed by atoms with E-state index in [0.717, 1.165) is 10.6 Å². The van der Waals surface area contributed by atoms with E-state index in [1.165, 1.54) is 41.3 Å². The Kier molecular flexibility index (Phi) is 6.32. The molecule has 24 heavy (non-hydrogen) atoms. The number of carbonyl (C=O) groups is 1. The van der Waals surface area contributed by atoms with Gasteiger partial charge in [-0.15, -0.1) is 10.2 Å². The summed E-state index contributed by atoms with van der Waals surface area (Å²) in [6, 6.07) is 4.30. The summed E-state index contributed by atoms with van der Waals surface area (Å²) < 4.78 is 25.6. The number of carbonyl (C=O) groups excluding carboxylic acids is 1. The van der Waals surface area contributed by atoms with Gasteiger partial charge in [0.15, 0.2) is 4.34 Å². The quantitative estimate of drug-likeness (QED) is 0.563. The van der Waals surface area contributed by atoms with Crippen molar-refractivity contribution in [2.24, 2.45) is 0 Å². The van der Waals surface area contributed by atoms with Crippen molar-refractivity contribution in [2.45, 2.75) is 4.34 Å². The summed E-state index contributed by atoms with van der Waals surface area (Å²) in [6.07, 6.45) is 2.83. The van der Waals surface area contributed by atoms with Crippen LogP contribution in [-0.2, 0) is 14.8 Å². The van der Waals surface area contributed by atoms with Crippen LogP contribution in [-0.4, -0.2) is 43.6 Å². The van der Waals surface area contributed by atoms with E-state index in [1.54, 1.807) is 0 Å². The Morgan fingerprint density at radius 2 is 1.92 bits per heavy atom. The Hall–Kier alpha value is -1.07. The van der Waals surface area contributed by atoms with Crippen molar-refractivity contribution in [2.75, 3.05) is 28.7 Å². The summed E-state index contributed by atoms with van der Waals surface area (Å²) in [4.78, 5) is 12.2. The van der Waals surface area contributed by atoms with Crippen molar-refractivity contribution in [3.05, 3.63) is 28.2 Å². The molecule has 0 spiro atoms. The number of thioether (sulfide) groups is 1. The van der Waals surface area contributed by atoms with Crippen LogP contribution in [0.3, 0.4) is 0 Å². The van der Waals surface area contributed by atoms with Crippen molar-refractivity contribution >= 4 is 73.0 Å². The molecular formula is C12H12Cl2N4O3S3. The highest BCUT2D eigenvalue weighted by Gasteiger charge is 2.22. The van der Waals surface area contributed by atoms with Crippen LogP contribution in [0.25, 0.3) is 0 Å². The van der Waals surface area contributed by atoms with Gasteiger partial charge < -0.3 is 0 Å². The number of amides is 1. The van der Waals surface area contributed by atoms with E-state index < -0.39 is 22.5 Å². The highest BCUT2D eigenvalue weighted by atomic mass is 35.5. The molecular weight excluding hydrogens is 415 g/mol. The molecule has 0 saturated heterocycles. The maximum Gasteiger partial charge on any atom is 0.246 e. The monoisotopic (exact) mass is 426 g/mol. The Morgan fingerprint density at radius 1 is 1.29 bits per heavy atom. The summed E-state index contributed by atoms with van der Waals surface area (Å²) in [5.41, 5.74) is 0.201. The SMILES string of the molecule is CSc1nnc(NC(=O)CN(c2cc(Cl)cc(Cl)c2)S(C)(=O)=O)s1. The lowest BCUT2D eigenvalue weighted by Gasteiger charge is -2.22. The maximum absolute atomic E-state index is 12.2. The molecule has 0 aliphatic heterocycles. The number of nitrogens with one attached hydrogen (secondary N) is 1. The number of aromatic nitrogens is 2. The van der Waals surface area contributed by atoms with Crippen LogP contribution in [0.4, 0.5) is 10.8 Å². The lowest BCUT2D eigenvalue weighted by atomic mass is 10.3. The summed E-state index contributed by atoms with van der Waals surface area (Å²) in [6.45, 7) is -0.441. The number of nitrogens with zero attached hydrogens (tertiary/aromatic N) is 3. The largest absolute Gasteiger partial charge is 0.299 e. The fourth-order valence-electron chi connectivity index (χ4n) is 1.72. The van der Waals surface area contributed by atoms with Gasteiger partial charge in [-0.25, -0.2) is 8.42 Å². The number of rotatable bonds is 6. The minimum Gasteiger partial charge on any atom is -0.299 e. The van der Waals surface area contributed by atoms with Gasteiger partial charge in [0.25, 0.3) is 0 Å². The Bertz CT molecular complexity index is 837. The molecule has 0 bridgehead atoms. The van der Waals surface area contributed by atoms with E-state index in [-0.39, 0.29) is 15.7 Å². The summed E-state index contributed by atoms with van der Waals surface area (Å²) in [7, 11) is -3.72. The second-order valence-corrected chi connectivity index (χ2v) is 9.33. The molecule has 12 heteroatoms. The van der Waals surface area contributed by atoms with Crippen molar-refractivity contribution in [3.63, 3.8) is 0 Å². The molecule has 2 aromatic rings. The second-order valence-electron chi connectivity index (χ2n) is 4.52. The number of sulfonamides is 1. The zero-order valence-corrected chi connectivity index (χ0v) is 16.4. The third kappa shape index (κ3) is 5.21. The van der Waals surface area contributed by atoms with E-state index in [2.05, 4.69) is 15.5 Å². The zero-order valence-electron chi connectivity index (χ0n) is 12.5. The zero-order chi connectivity index (χ0) is 17.9. The van der Waals surface area contributed by atoms with Gasteiger partial charge in [-0.1, -0.05) is 46.3 Å². The minimum atomic E-state index is -3.72. The van der Waals surface area contributed by atoms with Crippen LogP contribution >= 0.6 is 46.3 Å². The Balaban J connectivity index is 2.21. The molecule has 0 radical (unpaired) electrons. The van der Waals surface area contributed by atoms with Crippen LogP contribution < -0.4 is 9.62 Å². The van der Waals surface area contributed by atoms with Gasteiger partial charge in [0.05, 0.1) is 11.9 Å². The van der Waals surface area contributed by atoms with E-state index in [0.29, 0.717) is 9.47 Å². The molecule has 1 N–H and O–H groups in total. The molecule has 0 aliphatic carbocycles. The van der Waals surface area contributed by atoms with E-state index in [9.17, 15) is 13.2 Å². The molecule has 0 saturated carbocycles. The smallest absolute Gasteiger partial charge is 0.246 e. The minimum absolute atomic E-state index is 0.201. The number of hydrogen-bond donors (Lipinski definition) is 1. The fraction of sp³-hybridized carbons (Fsp3) is 0.250. The van der Waals surface area contributed by atoms with Gasteiger partial charge in [-0.2, -0.15) is 0 Å². The third-order valence-corrected chi connectivity index (χ3v) is 6.04. The van der Waals surface area contributed by atoms with Crippen LogP contribution in [0.5, 0.6) is 0 Å².